The van der Waals surface area contributed by atoms with Gasteiger partial charge < -0.3 is 33.6 Å². The fourth-order valence-electron chi connectivity index (χ4n) is 8.01. The number of likely N-dealkylation sites (N-methyl/N-ethyl adjacent to an activating group) is 1. The van der Waals surface area contributed by atoms with Crippen LogP contribution in [0.15, 0.2) is 72.8 Å². The van der Waals surface area contributed by atoms with Gasteiger partial charge in [-0.25, -0.2) is 0 Å². The fraction of sp³-hybridized carbons (Fsp3) is 0.257. The summed E-state index contributed by atoms with van der Waals surface area (Å²) in [7, 11) is 5.15. The predicted octanol–water partition coefficient (Wildman–Crippen LogP) is 5.74. The third kappa shape index (κ3) is 3.15. The molecule has 3 aliphatic rings. The van der Waals surface area contributed by atoms with Gasteiger partial charge in [0.05, 0.1) is 40.8 Å². The van der Waals surface area contributed by atoms with Crippen LogP contribution in [-0.2, 0) is 16.0 Å². The van der Waals surface area contributed by atoms with Crippen molar-refractivity contribution in [2.75, 3.05) is 21.3 Å². The van der Waals surface area contributed by atoms with E-state index < -0.39 is 18.6 Å². The Labute approximate surface area is 252 Å². The third-order valence-electron chi connectivity index (χ3n) is 9.92. The lowest BCUT2D eigenvalue weighted by Crippen LogP contribution is -2.53. The molecule has 0 aliphatic carbocycles. The molecule has 220 valence electrons. The molecule has 44 heavy (non-hydrogen) atoms. The van der Waals surface area contributed by atoms with E-state index in [1.165, 1.54) is 0 Å². The van der Waals surface area contributed by atoms with Crippen LogP contribution >= 0.6 is 0 Å². The molecule has 0 radical (unpaired) electrons. The summed E-state index contributed by atoms with van der Waals surface area (Å²) in [5.41, 5.74) is 6.36. The molecule has 1 saturated heterocycles. The van der Waals surface area contributed by atoms with E-state index >= 15 is 0 Å². The van der Waals surface area contributed by atoms with E-state index in [2.05, 4.69) is 38.7 Å². The summed E-state index contributed by atoms with van der Waals surface area (Å²) in [6, 6.07) is 23.4. The van der Waals surface area contributed by atoms with Gasteiger partial charge in [-0.05, 0) is 42.0 Å². The van der Waals surface area contributed by atoms with Crippen molar-refractivity contribution in [2.45, 2.75) is 37.6 Å². The maximum Gasteiger partial charge on any atom is 0.253 e. The van der Waals surface area contributed by atoms with E-state index in [4.69, 9.17) is 14.2 Å². The molecule has 0 spiro atoms. The number of rotatable bonds is 4. The first kappa shape index (κ1) is 25.6. The Kier molecular flexibility index (Phi) is 5.28. The lowest BCUT2D eigenvalue weighted by molar-refractivity contribution is -0.203. The number of hydrogen-bond acceptors (Lipinski definition) is 5. The molecule has 4 atom stereocenters. The number of methoxy groups -OCH3 is 2. The number of carbonyl (C=O) groups is 2. The van der Waals surface area contributed by atoms with Crippen LogP contribution in [0.2, 0.25) is 0 Å². The Bertz CT molecular complexity index is 2200. The molecule has 1 N–H and O–H groups in total. The molecule has 9 nitrogen and oxygen atoms in total. The van der Waals surface area contributed by atoms with E-state index in [0.29, 0.717) is 24.3 Å². The molecule has 9 rings (SSSR count). The Morgan fingerprint density at radius 3 is 2.27 bits per heavy atom. The van der Waals surface area contributed by atoms with Crippen LogP contribution in [0.4, 0.5) is 0 Å². The van der Waals surface area contributed by atoms with E-state index in [1.807, 2.05) is 31.3 Å². The van der Waals surface area contributed by atoms with Crippen molar-refractivity contribution in [3.05, 3.63) is 89.5 Å². The van der Waals surface area contributed by atoms with Gasteiger partial charge in [0.2, 0.25) is 0 Å². The number of carbonyl (C=O) groups excluding carboxylic acids is 2. The average molecular weight is 587 g/mol. The zero-order valence-electron chi connectivity index (χ0n) is 24.5. The van der Waals surface area contributed by atoms with E-state index in [-0.39, 0.29) is 17.9 Å². The first-order valence-corrected chi connectivity index (χ1v) is 14.9. The van der Waals surface area contributed by atoms with Gasteiger partial charge in [-0.3, -0.25) is 9.59 Å². The molecule has 6 aromatic rings. The van der Waals surface area contributed by atoms with E-state index in [9.17, 15) is 9.59 Å². The van der Waals surface area contributed by atoms with E-state index in [1.54, 1.807) is 43.4 Å². The summed E-state index contributed by atoms with van der Waals surface area (Å²) in [6.07, 6.45) is -0.887. The number of ether oxygens (including phenoxy) is 3. The lowest BCUT2D eigenvalue weighted by Gasteiger charge is -2.44. The normalized spacial score (nSPS) is 22.1. The number of benzene rings is 4. The first-order valence-electron chi connectivity index (χ1n) is 14.9. The zero-order chi connectivity index (χ0) is 29.9. The number of nitrogens with one attached hydrogen (secondary N) is 1. The highest BCUT2D eigenvalue weighted by molar-refractivity contribution is 6.30. The predicted molar refractivity (Wildman–Crippen MR) is 167 cm³/mol. The minimum absolute atomic E-state index is 0.0489. The van der Waals surface area contributed by atoms with Crippen LogP contribution in [0.5, 0.6) is 5.75 Å². The van der Waals surface area contributed by atoms with Crippen LogP contribution in [-0.4, -0.2) is 59.3 Å². The highest BCUT2D eigenvalue weighted by atomic mass is 16.6. The maximum absolute atomic E-state index is 13.9. The number of amides is 2. The average Bonchev–Trinajstić information content (AvgIpc) is 3.70. The first-order chi connectivity index (χ1) is 21.5. The Balaban J connectivity index is 1.34. The number of para-hydroxylation sites is 2. The minimum atomic E-state index is -0.526. The minimum Gasteiger partial charge on any atom is -0.497 e. The topological polar surface area (TPSA) is 87.0 Å². The van der Waals surface area contributed by atoms with Gasteiger partial charge in [0, 0.05) is 54.2 Å². The molecular formula is C35H30N4O5. The molecule has 4 aromatic carbocycles. The summed E-state index contributed by atoms with van der Waals surface area (Å²) >= 11 is 0. The van der Waals surface area contributed by atoms with Crippen LogP contribution in [0.1, 0.15) is 45.2 Å². The second-order valence-electron chi connectivity index (χ2n) is 11.9. The van der Waals surface area contributed by atoms with Gasteiger partial charge >= 0.3 is 0 Å². The maximum atomic E-state index is 13.9. The second kappa shape index (κ2) is 9.07. The smallest absolute Gasteiger partial charge is 0.253 e. The molecular weight excluding hydrogens is 556 g/mol. The molecule has 2 amide bonds. The summed E-state index contributed by atoms with van der Waals surface area (Å²) < 4.78 is 23.2. The van der Waals surface area contributed by atoms with Crippen LogP contribution in [0, 0.1) is 0 Å². The summed E-state index contributed by atoms with van der Waals surface area (Å²) in [5, 5.41) is 7.21. The van der Waals surface area contributed by atoms with E-state index in [0.717, 1.165) is 54.7 Å². The number of fused-ring (bicyclic) bond motifs is 13. The molecule has 9 heteroatoms. The standard InChI is InChI=1S/C35H30N4O5/c1-37(34(41)18-12-14-19(42-2)15-13-18)25-16-26-38-23-10-6-5-9-21(23)28-29-22(17-36-33(29)40)27-20-8-4-7-11-24(20)39(30(27)31(28)38)35(44-26)32(25)43-3/h4-15,25-26,32,35H,16-17H2,1-3H3,(H,36,40)/t25-,26-,32-,35+/m1/s1. The van der Waals surface area contributed by atoms with Gasteiger partial charge in [0.25, 0.3) is 11.8 Å². The van der Waals surface area contributed by atoms with Crippen molar-refractivity contribution in [1.29, 1.82) is 0 Å². The van der Waals surface area contributed by atoms with Crippen molar-refractivity contribution in [2.24, 2.45) is 0 Å². The Morgan fingerprint density at radius 2 is 1.57 bits per heavy atom. The number of aromatic nitrogens is 2. The second-order valence-corrected chi connectivity index (χ2v) is 11.9. The van der Waals surface area contributed by atoms with Gasteiger partial charge in [0.15, 0.2) is 6.23 Å². The SMILES string of the molecule is COc1ccc(C(=O)N(C)[C@@H]2C[C@H]3O[C@@H]([C@@H]2OC)n2c4ccccc4c4c5c(c6c7ccccc7n3c6c42)C(=O)NC5)cc1. The molecule has 0 unspecified atom stereocenters. The summed E-state index contributed by atoms with van der Waals surface area (Å²) in [5.74, 6) is 0.546. The van der Waals surface area contributed by atoms with Gasteiger partial charge in [-0.1, -0.05) is 36.4 Å². The number of hydrogen-bond donors (Lipinski definition) is 1. The zero-order valence-corrected chi connectivity index (χ0v) is 24.5. The fourth-order valence-corrected chi connectivity index (χ4v) is 8.01. The largest absolute Gasteiger partial charge is 0.497 e. The number of nitrogens with zero attached hydrogens (tertiary/aromatic N) is 3. The van der Waals surface area contributed by atoms with Crippen molar-refractivity contribution in [3.63, 3.8) is 0 Å². The molecule has 2 bridgehead atoms. The molecule has 0 saturated carbocycles. The lowest BCUT2D eigenvalue weighted by atomic mass is 9.97. The summed E-state index contributed by atoms with van der Waals surface area (Å²) in [4.78, 5) is 29.2. The quantitative estimate of drug-likeness (QED) is 0.285. The van der Waals surface area contributed by atoms with Gasteiger partial charge in [-0.2, -0.15) is 0 Å². The summed E-state index contributed by atoms with van der Waals surface area (Å²) in [6.45, 7) is 0.471. The highest BCUT2D eigenvalue weighted by Gasteiger charge is 2.48. The monoisotopic (exact) mass is 586 g/mol. The van der Waals surface area contributed by atoms with Crippen LogP contribution < -0.4 is 10.1 Å². The van der Waals surface area contributed by atoms with Crippen molar-refractivity contribution in [1.82, 2.24) is 19.4 Å². The molecule has 2 aromatic heterocycles. The van der Waals surface area contributed by atoms with Crippen LogP contribution in [0.3, 0.4) is 0 Å². The Hall–Kier alpha value is -4.86. The molecule has 3 aliphatic heterocycles. The molecule has 5 heterocycles. The van der Waals surface area contributed by atoms with Crippen molar-refractivity contribution >= 4 is 55.4 Å². The van der Waals surface area contributed by atoms with Gasteiger partial charge in [0.1, 0.15) is 18.1 Å². The highest BCUT2D eigenvalue weighted by Crippen LogP contribution is 2.52. The van der Waals surface area contributed by atoms with Gasteiger partial charge in [-0.15, -0.1) is 0 Å². The third-order valence-corrected chi connectivity index (χ3v) is 9.92. The molecule has 1 fully saturated rings. The van der Waals surface area contributed by atoms with Crippen molar-refractivity contribution < 1.29 is 23.8 Å². The van der Waals surface area contributed by atoms with Crippen LogP contribution in [0.25, 0.3) is 43.6 Å². The Morgan fingerprint density at radius 1 is 0.909 bits per heavy atom. The van der Waals surface area contributed by atoms with Crippen molar-refractivity contribution in [3.8, 4) is 5.75 Å².